The van der Waals surface area contributed by atoms with Crippen LogP contribution in [0.1, 0.15) is 43.6 Å². The van der Waals surface area contributed by atoms with E-state index in [1.54, 1.807) is 0 Å². The van der Waals surface area contributed by atoms with Gasteiger partial charge in [0.25, 0.3) is 0 Å². The molecule has 4 heteroatoms. The summed E-state index contributed by atoms with van der Waals surface area (Å²) in [6.45, 7) is 0. The fraction of sp³-hybridized carbons (Fsp3) is 0.113. The monoisotopic (exact) mass is 732 g/mol. The predicted molar refractivity (Wildman–Crippen MR) is 237 cm³/mol. The number of nitrogens with zero attached hydrogens (tertiary/aromatic N) is 4. The molecule has 1 aliphatic rings. The Hall–Kier alpha value is -6.91. The minimum absolute atomic E-state index is 0.592. The van der Waals surface area contributed by atoms with Crippen LogP contribution in [-0.2, 0) is 0 Å². The summed E-state index contributed by atoms with van der Waals surface area (Å²) in [4.78, 5) is 15.7. The van der Waals surface area contributed by atoms with Crippen LogP contribution < -0.4 is 0 Å². The zero-order valence-corrected chi connectivity index (χ0v) is 31.6. The van der Waals surface area contributed by atoms with E-state index < -0.39 is 0 Å². The molecule has 1 aliphatic carbocycles. The van der Waals surface area contributed by atoms with E-state index in [-0.39, 0.29) is 0 Å². The lowest BCUT2D eigenvalue weighted by molar-refractivity contribution is 0.443. The molecular formula is C53H40N4. The Kier molecular flexibility index (Phi) is 8.20. The van der Waals surface area contributed by atoms with E-state index >= 15 is 0 Å². The highest BCUT2D eigenvalue weighted by molar-refractivity contribution is 6.21. The van der Waals surface area contributed by atoms with E-state index in [9.17, 15) is 0 Å². The van der Waals surface area contributed by atoms with Crippen molar-refractivity contribution in [3.8, 4) is 51.0 Å². The molecule has 0 N–H and O–H groups in total. The Balaban J connectivity index is 1.07. The first-order valence-corrected chi connectivity index (χ1v) is 20.2. The molecule has 2 aromatic heterocycles. The van der Waals surface area contributed by atoms with Gasteiger partial charge in [-0.1, -0.05) is 177 Å². The van der Waals surface area contributed by atoms with Crippen molar-refractivity contribution in [3.05, 3.63) is 181 Å². The topological polar surface area (TPSA) is 43.6 Å². The van der Waals surface area contributed by atoms with Gasteiger partial charge in [-0.25, -0.2) is 4.98 Å². The van der Waals surface area contributed by atoms with Crippen molar-refractivity contribution in [1.82, 2.24) is 19.5 Å². The molecule has 4 nitrogen and oxygen atoms in total. The second-order valence-corrected chi connectivity index (χ2v) is 15.4. The third-order valence-electron chi connectivity index (χ3n) is 12.1. The number of para-hydroxylation sites is 1. The molecular weight excluding hydrogens is 693 g/mol. The van der Waals surface area contributed by atoms with Crippen LogP contribution in [0.25, 0.3) is 94.3 Å². The van der Waals surface area contributed by atoms with Crippen LogP contribution in [0.15, 0.2) is 176 Å². The van der Waals surface area contributed by atoms with Gasteiger partial charge in [-0.05, 0) is 86.3 Å². The molecule has 1 fully saturated rings. The van der Waals surface area contributed by atoms with Crippen molar-refractivity contribution in [2.24, 2.45) is 0 Å². The van der Waals surface area contributed by atoms with Crippen molar-refractivity contribution in [2.45, 2.75) is 38.0 Å². The first kappa shape index (κ1) is 33.4. The van der Waals surface area contributed by atoms with Crippen molar-refractivity contribution in [1.29, 1.82) is 0 Å². The number of hydrogen-bond donors (Lipinski definition) is 0. The number of benzene rings is 8. The third-order valence-corrected chi connectivity index (χ3v) is 12.1. The molecule has 0 spiro atoms. The van der Waals surface area contributed by atoms with Gasteiger partial charge in [0, 0.05) is 21.9 Å². The summed E-state index contributed by atoms with van der Waals surface area (Å²) in [5.41, 5.74) is 10.3. The van der Waals surface area contributed by atoms with E-state index in [1.807, 2.05) is 18.2 Å². The Labute approximate surface area is 332 Å². The molecule has 1 saturated carbocycles. The van der Waals surface area contributed by atoms with Crippen LogP contribution >= 0.6 is 0 Å². The number of fused-ring (bicyclic) bond motifs is 6. The maximum absolute atomic E-state index is 5.30. The van der Waals surface area contributed by atoms with Gasteiger partial charge >= 0.3 is 0 Å². The predicted octanol–water partition coefficient (Wildman–Crippen LogP) is 14.0. The Morgan fingerprint density at radius 1 is 0.404 bits per heavy atom. The van der Waals surface area contributed by atoms with E-state index in [0.29, 0.717) is 23.5 Å². The maximum atomic E-state index is 5.30. The van der Waals surface area contributed by atoms with E-state index in [4.69, 9.17) is 15.0 Å². The molecule has 0 atom stereocenters. The normalized spacial score (nSPS) is 13.5. The molecule has 57 heavy (non-hydrogen) atoms. The number of hydrogen-bond acceptors (Lipinski definition) is 3. The zero-order valence-electron chi connectivity index (χ0n) is 31.6. The summed E-state index contributed by atoms with van der Waals surface area (Å²) < 4.78 is 2.20. The molecule has 0 unspecified atom stereocenters. The molecule has 2 heterocycles. The lowest BCUT2D eigenvalue weighted by Gasteiger charge is -2.22. The summed E-state index contributed by atoms with van der Waals surface area (Å²) >= 11 is 0. The highest BCUT2D eigenvalue weighted by Gasteiger charge is 2.20. The fourth-order valence-electron chi connectivity index (χ4n) is 9.28. The average Bonchev–Trinajstić information content (AvgIpc) is 3.64. The van der Waals surface area contributed by atoms with Gasteiger partial charge < -0.3 is 0 Å². The van der Waals surface area contributed by atoms with Crippen LogP contribution in [-0.4, -0.2) is 19.5 Å². The summed E-state index contributed by atoms with van der Waals surface area (Å²) in [6.07, 6.45) is 6.67. The van der Waals surface area contributed by atoms with Crippen LogP contribution in [0.2, 0.25) is 0 Å². The van der Waals surface area contributed by atoms with E-state index in [1.165, 1.54) is 86.7 Å². The largest absolute Gasteiger partial charge is 0.278 e. The van der Waals surface area contributed by atoms with Crippen LogP contribution in [0.3, 0.4) is 0 Å². The molecule has 0 bridgehead atoms. The maximum Gasteiger partial charge on any atom is 0.238 e. The standard InChI is InChI=1S/C53H40N4/c1-3-14-35(15-4-1)36-28-30-38(31-29-36)43-25-12-19-39-20-13-26-45(49(39)43)41-21-11-22-42(34-41)52-54-51(40-17-5-2-6-18-40)55-53(56-52)57-47-27-10-9-24-46(47)50-44-23-8-7-16-37(44)32-33-48(50)57/h2,5-13,16-35H,1,3-4,14-15H2. The molecule has 10 aromatic rings. The average molecular weight is 733 g/mol. The van der Waals surface area contributed by atoms with Crippen molar-refractivity contribution >= 4 is 43.4 Å². The highest BCUT2D eigenvalue weighted by atomic mass is 15.2. The van der Waals surface area contributed by atoms with E-state index in [2.05, 4.69) is 162 Å². The molecule has 0 aliphatic heterocycles. The van der Waals surface area contributed by atoms with Crippen molar-refractivity contribution < 1.29 is 0 Å². The summed E-state index contributed by atoms with van der Waals surface area (Å²) in [6, 6.07) is 63.2. The lowest BCUT2D eigenvalue weighted by Crippen LogP contribution is -2.06. The first-order chi connectivity index (χ1) is 28.3. The second-order valence-electron chi connectivity index (χ2n) is 15.4. The van der Waals surface area contributed by atoms with Gasteiger partial charge in [-0.15, -0.1) is 0 Å². The SMILES string of the molecule is c1ccc(-c2nc(-c3cccc(-c4cccc5cccc(-c6ccc(C7CCCCC7)cc6)c45)c3)nc(-n3c4ccccc4c4c5ccccc5ccc43)n2)cc1. The summed E-state index contributed by atoms with van der Waals surface area (Å²) in [5.74, 6) is 2.55. The quantitative estimate of drug-likeness (QED) is 0.171. The minimum atomic E-state index is 0.592. The summed E-state index contributed by atoms with van der Waals surface area (Å²) in [5, 5.41) is 7.26. The van der Waals surface area contributed by atoms with Gasteiger partial charge in [0.1, 0.15) is 0 Å². The van der Waals surface area contributed by atoms with E-state index in [0.717, 1.165) is 27.7 Å². The number of aromatic nitrogens is 4. The lowest BCUT2D eigenvalue weighted by atomic mass is 9.83. The van der Waals surface area contributed by atoms with Crippen LogP contribution in [0.4, 0.5) is 0 Å². The number of rotatable bonds is 6. The third kappa shape index (κ3) is 5.88. The van der Waals surface area contributed by atoms with Gasteiger partial charge in [0.15, 0.2) is 11.6 Å². The Morgan fingerprint density at radius 2 is 1.04 bits per heavy atom. The van der Waals surface area contributed by atoms with Crippen LogP contribution in [0.5, 0.6) is 0 Å². The van der Waals surface area contributed by atoms with Gasteiger partial charge in [0.05, 0.1) is 11.0 Å². The molecule has 0 saturated heterocycles. The molecule has 272 valence electrons. The smallest absolute Gasteiger partial charge is 0.238 e. The van der Waals surface area contributed by atoms with Gasteiger partial charge in [-0.3, -0.25) is 4.57 Å². The summed E-state index contributed by atoms with van der Waals surface area (Å²) in [7, 11) is 0. The molecule has 8 aromatic carbocycles. The fourth-order valence-corrected chi connectivity index (χ4v) is 9.28. The van der Waals surface area contributed by atoms with Gasteiger partial charge in [-0.2, -0.15) is 9.97 Å². The zero-order chi connectivity index (χ0) is 37.7. The molecule has 11 rings (SSSR count). The second kappa shape index (κ2) is 14.0. The Bertz CT molecular complexity index is 3100. The highest BCUT2D eigenvalue weighted by Crippen LogP contribution is 2.40. The Morgan fingerprint density at radius 3 is 1.84 bits per heavy atom. The van der Waals surface area contributed by atoms with Crippen molar-refractivity contribution in [2.75, 3.05) is 0 Å². The van der Waals surface area contributed by atoms with Crippen molar-refractivity contribution in [3.63, 3.8) is 0 Å². The minimum Gasteiger partial charge on any atom is -0.278 e. The first-order valence-electron chi connectivity index (χ1n) is 20.2. The molecule has 0 amide bonds. The molecule has 0 radical (unpaired) electrons. The van der Waals surface area contributed by atoms with Gasteiger partial charge in [0.2, 0.25) is 5.95 Å². The van der Waals surface area contributed by atoms with Crippen LogP contribution in [0, 0.1) is 0 Å².